The zero-order valence-electron chi connectivity index (χ0n) is 16.6. The van der Waals surface area contributed by atoms with Gasteiger partial charge in [-0.2, -0.15) is 0 Å². The number of aromatic nitrogens is 1. The quantitative estimate of drug-likeness (QED) is 0.590. The van der Waals surface area contributed by atoms with Gasteiger partial charge in [0.1, 0.15) is 12.4 Å². The summed E-state index contributed by atoms with van der Waals surface area (Å²) in [5, 5.41) is 6.65. The first kappa shape index (κ1) is 21.2. The summed E-state index contributed by atoms with van der Waals surface area (Å²) < 4.78 is 16.0. The van der Waals surface area contributed by atoms with Crippen molar-refractivity contribution in [2.45, 2.75) is 17.9 Å². The maximum Gasteiger partial charge on any atom is 0.273 e. The molecule has 1 aliphatic heterocycles. The van der Waals surface area contributed by atoms with Crippen molar-refractivity contribution >= 4 is 23.6 Å². The molecular weight excluding hydrogens is 394 g/mol. The number of nitrogens with zero attached hydrogens (tertiary/aromatic N) is 2. The number of amides is 2. The van der Waals surface area contributed by atoms with E-state index in [2.05, 4.69) is 10.5 Å². The van der Waals surface area contributed by atoms with Crippen LogP contribution in [0.15, 0.2) is 39.8 Å². The van der Waals surface area contributed by atoms with Crippen molar-refractivity contribution in [1.29, 1.82) is 0 Å². The Morgan fingerprint density at radius 1 is 1.41 bits per heavy atom. The van der Waals surface area contributed by atoms with Gasteiger partial charge in [-0.25, -0.2) is 0 Å². The molecule has 3 rings (SSSR count). The van der Waals surface area contributed by atoms with Crippen molar-refractivity contribution in [1.82, 2.24) is 15.4 Å². The van der Waals surface area contributed by atoms with Gasteiger partial charge >= 0.3 is 0 Å². The Morgan fingerprint density at radius 3 is 3.03 bits per heavy atom. The van der Waals surface area contributed by atoms with Crippen molar-refractivity contribution in [2.24, 2.45) is 5.92 Å². The number of ether oxygens (including phenoxy) is 2. The third-order valence-electron chi connectivity index (χ3n) is 4.64. The smallest absolute Gasteiger partial charge is 0.273 e. The van der Waals surface area contributed by atoms with Crippen LogP contribution in [0.25, 0.3) is 0 Å². The summed E-state index contributed by atoms with van der Waals surface area (Å²) in [5.41, 5.74) is 0.197. The monoisotopic (exact) mass is 419 g/mol. The predicted molar refractivity (Wildman–Crippen MR) is 108 cm³/mol. The second-order valence-corrected chi connectivity index (χ2v) is 7.58. The summed E-state index contributed by atoms with van der Waals surface area (Å²) in [6.45, 7) is 2.30. The summed E-state index contributed by atoms with van der Waals surface area (Å²) in [5.74, 6) is 1.07. The van der Waals surface area contributed by atoms with Crippen molar-refractivity contribution in [3.63, 3.8) is 0 Å². The number of likely N-dealkylation sites (tertiary alicyclic amines) is 1. The van der Waals surface area contributed by atoms with E-state index in [1.54, 1.807) is 29.8 Å². The van der Waals surface area contributed by atoms with Gasteiger partial charge in [0, 0.05) is 50.0 Å². The molecule has 156 valence electrons. The molecule has 2 amide bonds. The molecule has 29 heavy (non-hydrogen) atoms. The number of hydrogen-bond acceptors (Lipinski definition) is 7. The molecule has 1 aliphatic rings. The number of thioether (sulfide) groups is 1. The maximum atomic E-state index is 12.3. The van der Waals surface area contributed by atoms with E-state index < -0.39 is 0 Å². The number of carbonyl (C=O) groups excluding carboxylic acids is 2. The van der Waals surface area contributed by atoms with Crippen LogP contribution >= 0.6 is 11.8 Å². The van der Waals surface area contributed by atoms with Gasteiger partial charge in [-0.1, -0.05) is 17.3 Å². The maximum absolute atomic E-state index is 12.3. The highest BCUT2D eigenvalue weighted by atomic mass is 32.2. The first-order valence-corrected chi connectivity index (χ1v) is 10.6. The molecule has 2 heterocycles. The van der Waals surface area contributed by atoms with Crippen LogP contribution in [0, 0.1) is 5.92 Å². The van der Waals surface area contributed by atoms with Crippen LogP contribution in [-0.2, 0) is 16.1 Å². The minimum atomic E-state index is -0.327. The number of hydrogen-bond donors (Lipinski definition) is 1. The van der Waals surface area contributed by atoms with Crippen LogP contribution in [0.1, 0.15) is 22.7 Å². The third kappa shape index (κ3) is 5.74. The van der Waals surface area contributed by atoms with Gasteiger partial charge in [0.2, 0.25) is 5.91 Å². The highest BCUT2D eigenvalue weighted by molar-refractivity contribution is 7.98. The second-order valence-electron chi connectivity index (χ2n) is 6.73. The highest BCUT2D eigenvalue weighted by Gasteiger charge is 2.29. The van der Waals surface area contributed by atoms with Crippen LogP contribution in [0.2, 0.25) is 0 Å². The van der Waals surface area contributed by atoms with Gasteiger partial charge in [0.05, 0.1) is 6.61 Å². The topological polar surface area (TPSA) is 93.9 Å². The zero-order chi connectivity index (χ0) is 20.6. The average molecular weight is 420 g/mol. The molecule has 9 heteroatoms. The molecule has 8 nitrogen and oxygen atoms in total. The van der Waals surface area contributed by atoms with Crippen LogP contribution in [0.5, 0.6) is 5.75 Å². The average Bonchev–Trinajstić information content (AvgIpc) is 3.35. The van der Waals surface area contributed by atoms with Crippen LogP contribution in [-0.4, -0.2) is 61.5 Å². The fourth-order valence-corrected chi connectivity index (χ4v) is 3.65. The van der Waals surface area contributed by atoms with E-state index >= 15 is 0 Å². The summed E-state index contributed by atoms with van der Waals surface area (Å²) in [6, 6.07) is 9.28. The number of carbonyl (C=O) groups is 2. The highest BCUT2D eigenvalue weighted by Crippen LogP contribution is 2.27. The molecular formula is C20H25N3O5S. The molecule has 0 unspecified atom stereocenters. The standard InChI is InChI=1S/C20H25N3O5S/c1-26-8-7-23-12-14(9-19(23)24)11-21-20(25)16-10-15(28-22-16)13-27-17-5-3-4-6-18(17)29-2/h3-6,10,14H,7-9,11-13H2,1-2H3,(H,21,25)/t14-/m0/s1. The molecule has 1 fully saturated rings. The molecule has 2 aromatic rings. The number of methoxy groups -OCH3 is 1. The van der Waals surface area contributed by atoms with E-state index in [0.717, 1.165) is 10.6 Å². The molecule has 1 saturated heterocycles. The number of nitrogens with one attached hydrogen (secondary N) is 1. The summed E-state index contributed by atoms with van der Waals surface area (Å²) in [7, 11) is 1.61. The lowest BCUT2D eigenvalue weighted by Gasteiger charge is -2.15. The predicted octanol–water partition coefficient (Wildman–Crippen LogP) is 2.20. The van der Waals surface area contributed by atoms with Gasteiger partial charge in [-0.3, -0.25) is 9.59 Å². The van der Waals surface area contributed by atoms with Gasteiger partial charge in [-0.05, 0) is 18.4 Å². The van der Waals surface area contributed by atoms with Crippen LogP contribution < -0.4 is 10.1 Å². The Morgan fingerprint density at radius 2 is 2.24 bits per heavy atom. The van der Waals surface area contributed by atoms with Crippen molar-refractivity contribution in [3.8, 4) is 5.75 Å². The Bertz CT molecular complexity index is 841. The second kappa shape index (κ2) is 10.3. The SMILES string of the molecule is COCCN1C[C@H](CNC(=O)c2cc(COc3ccccc3SC)on2)CC1=O. The van der Waals surface area contributed by atoms with E-state index in [4.69, 9.17) is 14.0 Å². The van der Waals surface area contributed by atoms with E-state index in [0.29, 0.717) is 38.4 Å². The summed E-state index contributed by atoms with van der Waals surface area (Å²) >= 11 is 1.59. The number of rotatable bonds is 10. The Kier molecular flexibility index (Phi) is 7.54. The molecule has 0 radical (unpaired) electrons. The van der Waals surface area contributed by atoms with Crippen molar-refractivity contribution in [3.05, 3.63) is 41.8 Å². The molecule has 0 spiro atoms. The fourth-order valence-electron chi connectivity index (χ4n) is 3.11. The van der Waals surface area contributed by atoms with E-state index in [1.165, 1.54) is 0 Å². The van der Waals surface area contributed by atoms with Crippen LogP contribution in [0.4, 0.5) is 0 Å². The van der Waals surface area contributed by atoms with E-state index in [-0.39, 0.29) is 30.0 Å². The van der Waals surface area contributed by atoms with E-state index in [1.807, 2.05) is 30.5 Å². The summed E-state index contributed by atoms with van der Waals surface area (Å²) in [6.07, 6.45) is 2.41. The van der Waals surface area contributed by atoms with Crippen molar-refractivity contribution < 1.29 is 23.6 Å². The zero-order valence-corrected chi connectivity index (χ0v) is 17.4. The lowest BCUT2D eigenvalue weighted by molar-refractivity contribution is -0.128. The van der Waals surface area contributed by atoms with Gasteiger partial charge in [0.15, 0.2) is 11.5 Å². The third-order valence-corrected chi connectivity index (χ3v) is 5.42. The number of benzene rings is 1. The minimum absolute atomic E-state index is 0.0843. The molecule has 1 N–H and O–H groups in total. The van der Waals surface area contributed by atoms with Gasteiger partial charge < -0.3 is 24.2 Å². The Hall–Kier alpha value is -2.52. The Balaban J connectivity index is 1.46. The lowest BCUT2D eigenvalue weighted by atomic mass is 10.1. The normalized spacial score (nSPS) is 16.3. The first-order chi connectivity index (χ1) is 14.1. The molecule has 1 aromatic carbocycles. The van der Waals surface area contributed by atoms with Gasteiger partial charge in [-0.15, -0.1) is 11.8 Å². The molecule has 1 aromatic heterocycles. The van der Waals surface area contributed by atoms with Gasteiger partial charge in [0.25, 0.3) is 5.91 Å². The molecule has 0 bridgehead atoms. The molecule has 1 atom stereocenters. The van der Waals surface area contributed by atoms with E-state index in [9.17, 15) is 9.59 Å². The lowest BCUT2D eigenvalue weighted by Crippen LogP contribution is -2.32. The molecule has 0 saturated carbocycles. The minimum Gasteiger partial charge on any atom is -0.484 e. The van der Waals surface area contributed by atoms with Crippen LogP contribution in [0.3, 0.4) is 0 Å². The molecule has 0 aliphatic carbocycles. The fraction of sp³-hybridized carbons (Fsp3) is 0.450. The number of para-hydroxylation sites is 1. The van der Waals surface area contributed by atoms with Crippen molar-refractivity contribution in [2.75, 3.05) is 39.6 Å². The first-order valence-electron chi connectivity index (χ1n) is 9.37. The largest absolute Gasteiger partial charge is 0.484 e. The Labute approximate surface area is 173 Å². The summed E-state index contributed by atoms with van der Waals surface area (Å²) in [4.78, 5) is 27.1.